The summed E-state index contributed by atoms with van der Waals surface area (Å²) in [4.78, 5) is 0. The van der Waals surface area contributed by atoms with Crippen LogP contribution in [0.25, 0.3) is 0 Å². The average molecular weight is 112 g/mol. The van der Waals surface area contributed by atoms with Crippen LogP contribution in [-0.4, -0.2) is 12.7 Å². The van der Waals surface area contributed by atoms with Crippen LogP contribution in [0.2, 0.25) is 0 Å². The quantitative estimate of drug-likeness (QED) is 0.460. The Bertz CT molecular complexity index is 98.6. The fourth-order valence-electron chi connectivity index (χ4n) is 1.90. The number of rotatable bonds is 0. The van der Waals surface area contributed by atoms with E-state index in [2.05, 4.69) is 6.92 Å². The standard InChI is InChI=1S/C7H12O/c1-5-2-7-3-6(5)4-8-7/h5-7H,2-4H2,1H3/t5-,6+,7-/m1/s1. The first-order valence-electron chi connectivity index (χ1n) is 3.48. The first kappa shape index (κ1) is 4.80. The summed E-state index contributed by atoms with van der Waals surface area (Å²) in [6.45, 7) is 3.39. The molecule has 8 heavy (non-hydrogen) atoms. The van der Waals surface area contributed by atoms with Crippen molar-refractivity contribution in [1.29, 1.82) is 0 Å². The van der Waals surface area contributed by atoms with Crippen LogP contribution in [-0.2, 0) is 4.74 Å². The molecule has 3 atom stereocenters. The molecule has 1 saturated heterocycles. The molecule has 2 bridgehead atoms. The van der Waals surface area contributed by atoms with Gasteiger partial charge in [0.05, 0.1) is 12.7 Å². The van der Waals surface area contributed by atoms with Gasteiger partial charge >= 0.3 is 0 Å². The minimum Gasteiger partial charge on any atom is -0.378 e. The Hall–Kier alpha value is -0.0400. The van der Waals surface area contributed by atoms with E-state index in [0.717, 1.165) is 18.4 Å². The summed E-state index contributed by atoms with van der Waals surface area (Å²) in [5.74, 6) is 1.87. The van der Waals surface area contributed by atoms with Gasteiger partial charge in [0.2, 0.25) is 0 Å². The third-order valence-corrected chi connectivity index (χ3v) is 2.55. The maximum absolute atomic E-state index is 5.42. The maximum atomic E-state index is 5.42. The van der Waals surface area contributed by atoms with Crippen LogP contribution < -0.4 is 0 Å². The molecule has 0 spiro atoms. The molecule has 46 valence electrons. The minimum atomic E-state index is 0.648. The largest absolute Gasteiger partial charge is 0.378 e. The average Bonchev–Trinajstić information content (AvgIpc) is 2.23. The predicted octanol–water partition coefficient (Wildman–Crippen LogP) is 1.43. The van der Waals surface area contributed by atoms with E-state index in [1.54, 1.807) is 0 Å². The molecule has 0 amide bonds. The van der Waals surface area contributed by atoms with Gasteiger partial charge < -0.3 is 4.74 Å². The Morgan fingerprint density at radius 1 is 1.38 bits per heavy atom. The molecular formula is C7H12O. The monoisotopic (exact) mass is 112 g/mol. The van der Waals surface area contributed by atoms with Crippen molar-refractivity contribution in [3.05, 3.63) is 0 Å². The first-order chi connectivity index (χ1) is 3.86. The van der Waals surface area contributed by atoms with Crippen molar-refractivity contribution in [2.75, 3.05) is 6.61 Å². The molecule has 2 rings (SSSR count). The fraction of sp³-hybridized carbons (Fsp3) is 1.00. The molecular weight excluding hydrogens is 100 g/mol. The second-order valence-corrected chi connectivity index (χ2v) is 3.16. The summed E-state index contributed by atoms with van der Waals surface area (Å²) in [5.41, 5.74) is 0. The molecule has 0 unspecified atom stereocenters. The van der Waals surface area contributed by atoms with Crippen LogP contribution in [0.1, 0.15) is 19.8 Å². The topological polar surface area (TPSA) is 9.23 Å². The van der Waals surface area contributed by atoms with Crippen molar-refractivity contribution in [3.63, 3.8) is 0 Å². The van der Waals surface area contributed by atoms with Gasteiger partial charge in [-0.2, -0.15) is 0 Å². The molecule has 2 aliphatic rings. The van der Waals surface area contributed by atoms with Crippen molar-refractivity contribution in [2.45, 2.75) is 25.9 Å². The Morgan fingerprint density at radius 2 is 2.25 bits per heavy atom. The summed E-state index contributed by atoms with van der Waals surface area (Å²) >= 11 is 0. The van der Waals surface area contributed by atoms with E-state index in [4.69, 9.17) is 4.74 Å². The minimum absolute atomic E-state index is 0.648. The zero-order chi connectivity index (χ0) is 5.56. The highest BCUT2D eigenvalue weighted by molar-refractivity contribution is 4.86. The third kappa shape index (κ3) is 0.510. The maximum Gasteiger partial charge on any atom is 0.0581 e. The van der Waals surface area contributed by atoms with Crippen molar-refractivity contribution in [1.82, 2.24) is 0 Å². The van der Waals surface area contributed by atoms with E-state index in [1.807, 2.05) is 0 Å². The molecule has 1 heterocycles. The Balaban J connectivity index is 2.11. The second kappa shape index (κ2) is 1.47. The van der Waals surface area contributed by atoms with Gasteiger partial charge in [-0.15, -0.1) is 0 Å². The lowest BCUT2D eigenvalue weighted by Gasteiger charge is -2.16. The van der Waals surface area contributed by atoms with E-state index in [-0.39, 0.29) is 0 Å². The molecule has 1 aliphatic heterocycles. The molecule has 1 saturated carbocycles. The van der Waals surface area contributed by atoms with Crippen molar-refractivity contribution < 1.29 is 4.74 Å². The molecule has 0 N–H and O–H groups in total. The Kier molecular flexibility index (Phi) is 0.884. The molecule has 0 aromatic heterocycles. The highest BCUT2D eigenvalue weighted by atomic mass is 16.5. The van der Waals surface area contributed by atoms with Gasteiger partial charge in [0.25, 0.3) is 0 Å². The molecule has 1 heteroatoms. The van der Waals surface area contributed by atoms with Crippen LogP contribution >= 0.6 is 0 Å². The lowest BCUT2D eigenvalue weighted by Crippen LogP contribution is -2.14. The van der Waals surface area contributed by atoms with E-state index in [0.29, 0.717) is 6.10 Å². The van der Waals surface area contributed by atoms with Crippen molar-refractivity contribution in [2.24, 2.45) is 11.8 Å². The smallest absolute Gasteiger partial charge is 0.0581 e. The lowest BCUT2D eigenvalue weighted by molar-refractivity contribution is 0.0568. The molecule has 0 aromatic rings. The summed E-state index contributed by atoms with van der Waals surface area (Å²) < 4.78 is 5.42. The van der Waals surface area contributed by atoms with E-state index >= 15 is 0 Å². The first-order valence-corrected chi connectivity index (χ1v) is 3.48. The van der Waals surface area contributed by atoms with Crippen molar-refractivity contribution in [3.8, 4) is 0 Å². The molecule has 2 fully saturated rings. The van der Waals surface area contributed by atoms with Crippen LogP contribution in [0.15, 0.2) is 0 Å². The molecule has 1 nitrogen and oxygen atoms in total. The third-order valence-electron chi connectivity index (χ3n) is 2.55. The van der Waals surface area contributed by atoms with Crippen molar-refractivity contribution >= 4 is 0 Å². The van der Waals surface area contributed by atoms with Gasteiger partial charge in [-0.05, 0) is 24.7 Å². The van der Waals surface area contributed by atoms with Gasteiger partial charge in [0.15, 0.2) is 0 Å². The van der Waals surface area contributed by atoms with Crippen LogP contribution in [0.3, 0.4) is 0 Å². The molecule has 0 aromatic carbocycles. The summed E-state index contributed by atoms with van der Waals surface area (Å²) in [6.07, 6.45) is 3.32. The van der Waals surface area contributed by atoms with Gasteiger partial charge in [0.1, 0.15) is 0 Å². The SMILES string of the molecule is C[C@@H]1C[C@@H]2C[C@H]1CO2. The fourth-order valence-corrected chi connectivity index (χ4v) is 1.90. The molecule has 0 radical (unpaired) electrons. The number of hydrogen-bond acceptors (Lipinski definition) is 1. The van der Waals surface area contributed by atoms with Crippen LogP contribution in [0, 0.1) is 11.8 Å². The van der Waals surface area contributed by atoms with Gasteiger partial charge in [-0.3, -0.25) is 0 Å². The van der Waals surface area contributed by atoms with Gasteiger partial charge in [-0.1, -0.05) is 6.92 Å². The van der Waals surface area contributed by atoms with Gasteiger partial charge in [0, 0.05) is 0 Å². The summed E-state index contributed by atoms with van der Waals surface area (Å²) in [6, 6.07) is 0. The van der Waals surface area contributed by atoms with Crippen LogP contribution in [0.4, 0.5) is 0 Å². The lowest BCUT2D eigenvalue weighted by atomic mass is 9.99. The number of fused-ring (bicyclic) bond motifs is 2. The number of ether oxygens (including phenoxy) is 1. The Labute approximate surface area is 50.0 Å². The van der Waals surface area contributed by atoms with E-state index in [9.17, 15) is 0 Å². The van der Waals surface area contributed by atoms with E-state index < -0.39 is 0 Å². The van der Waals surface area contributed by atoms with Crippen LogP contribution in [0.5, 0.6) is 0 Å². The zero-order valence-electron chi connectivity index (χ0n) is 5.26. The summed E-state index contributed by atoms with van der Waals surface area (Å²) in [7, 11) is 0. The normalized spacial score (nSPS) is 52.9. The molecule has 1 aliphatic carbocycles. The van der Waals surface area contributed by atoms with E-state index in [1.165, 1.54) is 12.8 Å². The second-order valence-electron chi connectivity index (χ2n) is 3.16. The summed E-state index contributed by atoms with van der Waals surface area (Å²) in [5, 5.41) is 0. The zero-order valence-corrected chi connectivity index (χ0v) is 5.26. The predicted molar refractivity (Wildman–Crippen MR) is 31.6 cm³/mol. The Morgan fingerprint density at radius 3 is 2.50 bits per heavy atom. The number of hydrogen-bond donors (Lipinski definition) is 0. The highest BCUT2D eigenvalue weighted by Crippen LogP contribution is 2.39. The highest BCUT2D eigenvalue weighted by Gasteiger charge is 2.37. The van der Waals surface area contributed by atoms with Gasteiger partial charge in [-0.25, -0.2) is 0 Å².